The van der Waals surface area contributed by atoms with Gasteiger partial charge in [0.25, 0.3) is 5.56 Å². The van der Waals surface area contributed by atoms with Crippen molar-refractivity contribution in [2.45, 2.75) is 51.6 Å². The summed E-state index contributed by atoms with van der Waals surface area (Å²) in [6, 6.07) is 10.5. The summed E-state index contributed by atoms with van der Waals surface area (Å²) in [6.07, 6.45) is 5.95. The zero-order valence-corrected chi connectivity index (χ0v) is 12.7. The molecule has 1 aromatic heterocycles. The van der Waals surface area contributed by atoms with Crippen molar-refractivity contribution < 1.29 is 0 Å². The molecule has 2 N–H and O–H groups in total. The van der Waals surface area contributed by atoms with Gasteiger partial charge in [0.15, 0.2) is 0 Å². The van der Waals surface area contributed by atoms with Crippen LogP contribution in [0.1, 0.15) is 50.6 Å². The van der Waals surface area contributed by atoms with E-state index in [1.165, 1.54) is 19.3 Å². The normalized spacial score (nSPS) is 22.6. The first kappa shape index (κ1) is 14.3. The van der Waals surface area contributed by atoms with Crippen LogP contribution in [0, 0.1) is 5.92 Å². The summed E-state index contributed by atoms with van der Waals surface area (Å²) in [5.41, 5.74) is 7.68. The smallest absolute Gasteiger partial charge is 0.255 e. The molecule has 1 aromatic carbocycles. The Balaban J connectivity index is 2.15. The van der Waals surface area contributed by atoms with E-state index in [4.69, 9.17) is 5.73 Å². The maximum absolute atomic E-state index is 12.8. The molecular weight excluding hydrogens is 260 g/mol. The summed E-state index contributed by atoms with van der Waals surface area (Å²) in [5, 5.41) is 1.12. The van der Waals surface area contributed by atoms with Crippen molar-refractivity contribution in [2.24, 2.45) is 11.7 Å². The van der Waals surface area contributed by atoms with Crippen molar-refractivity contribution in [3.05, 3.63) is 46.2 Å². The van der Waals surface area contributed by atoms with Crippen LogP contribution >= 0.6 is 0 Å². The van der Waals surface area contributed by atoms with Crippen LogP contribution < -0.4 is 11.3 Å². The van der Waals surface area contributed by atoms with Gasteiger partial charge in [0.05, 0.1) is 5.52 Å². The number of nitrogens with zero attached hydrogens (tertiary/aromatic N) is 1. The van der Waals surface area contributed by atoms with Crippen LogP contribution in [0.5, 0.6) is 0 Å². The minimum atomic E-state index is 0.109. The van der Waals surface area contributed by atoms with Crippen LogP contribution in [0.25, 0.3) is 10.9 Å². The fourth-order valence-corrected chi connectivity index (χ4v) is 3.72. The molecule has 3 heteroatoms. The van der Waals surface area contributed by atoms with Crippen molar-refractivity contribution in [3.8, 4) is 0 Å². The predicted octanol–water partition coefficient (Wildman–Crippen LogP) is 3.60. The standard InChI is InChI=1S/C18H24N2O/c1-2-13-6-5-8-16(10-13)20-17-9-4-3-7-14(17)11-15(12-19)18(20)21/h3-4,7,9,11,13,16H,2,5-6,8,10,12,19H2,1H3. The van der Waals surface area contributed by atoms with Crippen molar-refractivity contribution in [2.75, 3.05) is 0 Å². The number of fused-ring (bicyclic) bond motifs is 1. The average Bonchev–Trinajstić information content (AvgIpc) is 2.54. The van der Waals surface area contributed by atoms with Gasteiger partial charge in [-0.25, -0.2) is 0 Å². The second-order valence-electron chi connectivity index (χ2n) is 6.20. The highest BCUT2D eigenvalue weighted by Crippen LogP contribution is 2.35. The molecule has 3 rings (SSSR count). The summed E-state index contributed by atoms with van der Waals surface area (Å²) in [7, 11) is 0. The molecule has 0 saturated heterocycles. The minimum Gasteiger partial charge on any atom is -0.326 e. The third kappa shape index (κ3) is 2.62. The van der Waals surface area contributed by atoms with E-state index in [-0.39, 0.29) is 5.56 Å². The SMILES string of the molecule is CCC1CCCC(n2c(=O)c(CN)cc3ccccc32)C1. The molecule has 2 atom stereocenters. The van der Waals surface area contributed by atoms with Gasteiger partial charge < -0.3 is 10.3 Å². The van der Waals surface area contributed by atoms with E-state index in [0.717, 1.165) is 35.2 Å². The van der Waals surface area contributed by atoms with E-state index in [9.17, 15) is 4.79 Å². The maximum Gasteiger partial charge on any atom is 0.255 e. The van der Waals surface area contributed by atoms with Gasteiger partial charge in [0, 0.05) is 18.2 Å². The van der Waals surface area contributed by atoms with E-state index >= 15 is 0 Å². The molecule has 0 radical (unpaired) electrons. The summed E-state index contributed by atoms with van der Waals surface area (Å²) >= 11 is 0. The Morgan fingerprint density at radius 2 is 2.10 bits per heavy atom. The maximum atomic E-state index is 12.8. The third-order valence-corrected chi connectivity index (χ3v) is 4.94. The van der Waals surface area contributed by atoms with Crippen molar-refractivity contribution in [1.82, 2.24) is 4.57 Å². The van der Waals surface area contributed by atoms with Crippen LogP contribution in [0.15, 0.2) is 35.1 Å². The summed E-state index contributed by atoms with van der Waals surface area (Å²) < 4.78 is 2.03. The predicted molar refractivity (Wildman–Crippen MR) is 87.4 cm³/mol. The van der Waals surface area contributed by atoms with Gasteiger partial charge in [-0.3, -0.25) is 4.79 Å². The molecule has 0 bridgehead atoms. The summed E-state index contributed by atoms with van der Waals surface area (Å²) in [6.45, 7) is 2.57. The van der Waals surface area contributed by atoms with Gasteiger partial charge >= 0.3 is 0 Å². The molecule has 1 saturated carbocycles. The Kier molecular flexibility index (Phi) is 4.11. The van der Waals surface area contributed by atoms with Gasteiger partial charge in [-0.1, -0.05) is 44.4 Å². The fraction of sp³-hybridized carbons (Fsp3) is 0.500. The van der Waals surface area contributed by atoms with E-state index in [0.29, 0.717) is 12.6 Å². The highest BCUT2D eigenvalue weighted by atomic mass is 16.1. The lowest BCUT2D eigenvalue weighted by Gasteiger charge is -2.31. The first-order chi connectivity index (χ1) is 10.2. The number of para-hydroxylation sites is 1. The van der Waals surface area contributed by atoms with E-state index in [2.05, 4.69) is 19.1 Å². The number of hydrogen-bond donors (Lipinski definition) is 1. The zero-order valence-electron chi connectivity index (χ0n) is 12.7. The number of aromatic nitrogens is 1. The number of benzene rings is 1. The first-order valence-electron chi connectivity index (χ1n) is 8.07. The molecule has 0 aliphatic heterocycles. The molecule has 0 amide bonds. The third-order valence-electron chi connectivity index (χ3n) is 4.94. The second-order valence-corrected chi connectivity index (χ2v) is 6.20. The topological polar surface area (TPSA) is 48.0 Å². The molecule has 1 fully saturated rings. The Morgan fingerprint density at radius 1 is 1.29 bits per heavy atom. The van der Waals surface area contributed by atoms with Crippen LogP contribution in [-0.4, -0.2) is 4.57 Å². The molecule has 3 nitrogen and oxygen atoms in total. The fourth-order valence-electron chi connectivity index (χ4n) is 3.72. The van der Waals surface area contributed by atoms with Crippen molar-refractivity contribution in [1.29, 1.82) is 0 Å². The van der Waals surface area contributed by atoms with Gasteiger partial charge in [0.1, 0.15) is 0 Å². The Hall–Kier alpha value is -1.61. The van der Waals surface area contributed by atoms with Crippen molar-refractivity contribution >= 4 is 10.9 Å². The van der Waals surface area contributed by atoms with Crippen LogP contribution in [0.2, 0.25) is 0 Å². The lowest BCUT2D eigenvalue weighted by atomic mass is 9.84. The van der Waals surface area contributed by atoms with Gasteiger partial charge in [-0.15, -0.1) is 0 Å². The Morgan fingerprint density at radius 3 is 2.86 bits per heavy atom. The molecule has 21 heavy (non-hydrogen) atoms. The lowest BCUT2D eigenvalue weighted by Crippen LogP contribution is -2.31. The highest BCUT2D eigenvalue weighted by Gasteiger charge is 2.24. The molecule has 1 aliphatic carbocycles. The van der Waals surface area contributed by atoms with Crippen molar-refractivity contribution in [3.63, 3.8) is 0 Å². The molecule has 2 aromatic rings. The second kappa shape index (κ2) is 6.02. The molecule has 2 unspecified atom stereocenters. The highest BCUT2D eigenvalue weighted by molar-refractivity contribution is 5.79. The summed E-state index contributed by atoms with van der Waals surface area (Å²) in [4.78, 5) is 12.8. The number of rotatable bonds is 3. The molecule has 0 spiro atoms. The van der Waals surface area contributed by atoms with Gasteiger partial charge in [-0.05, 0) is 36.3 Å². The van der Waals surface area contributed by atoms with E-state index in [1.807, 2.05) is 22.8 Å². The summed E-state index contributed by atoms with van der Waals surface area (Å²) in [5.74, 6) is 0.746. The largest absolute Gasteiger partial charge is 0.326 e. The average molecular weight is 284 g/mol. The van der Waals surface area contributed by atoms with Gasteiger partial charge in [0.2, 0.25) is 0 Å². The lowest BCUT2D eigenvalue weighted by molar-refractivity contribution is 0.261. The molecule has 1 aliphatic rings. The Labute approximate surface area is 125 Å². The van der Waals surface area contributed by atoms with Crippen LogP contribution in [0.4, 0.5) is 0 Å². The molecular formula is C18H24N2O. The minimum absolute atomic E-state index is 0.109. The quantitative estimate of drug-likeness (QED) is 0.936. The number of pyridine rings is 1. The van der Waals surface area contributed by atoms with Crippen LogP contribution in [0.3, 0.4) is 0 Å². The molecule has 1 heterocycles. The monoisotopic (exact) mass is 284 g/mol. The van der Waals surface area contributed by atoms with E-state index in [1.54, 1.807) is 0 Å². The zero-order chi connectivity index (χ0) is 14.8. The van der Waals surface area contributed by atoms with Crippen LogP contribution in [-0.2, 0) is 6.54 Å². The van der Waals surface area contributed by atoms with E-state index < -0.39 is 0 Å². The van der Waals surface area contributed by atoms with Gasteiger partial charge in [-0.2, -0.15) is 0 Å². The number of nitrogens with two attached hydrogens (primary N) is 1. The first-order valence-corrected chi connectivity index (χ1v) is 8.07. The number of hydrogen-bond acceptors (Lipinski definition) is 2. The Bertz CT molecular complexity index is 689. The molecule has 112 valence electrons.